The van der Waals surface area contributed by atoms with Crippen LogP contribution >= 0.6 is 0 Å². The number of likely N-dealkylation sites (tertiary alicyclic amines) is 1. The lowest BCUT2D eigenvalue weighted by molar-refractivity contribution is -0.142. The highest BCUT2D eigenvalue weighted by Gasteiger charge is 2.49. The van der Waals surface area contributed by atoms with E-state index in [1.807, 2.05) is 25.2 Å². The van der Waals surface area contributed by atoms with E-state index in [-0.39, 0.29) is 36.5 Å². The maximum atomic E-state index is 13.4. The topological polar surface area (TPSA) is 152 Å². The van der Waals surface area contributed by atoms with E-state index in [1.165, 1.54) is 0 Å². The SMILES string of the molecule is C=C(NC)c1ccc2c(c1)CCc1cc(C(=O)NC)ccc1C2(C[C@@H](C)NCC(=O)N1C(C#N)CC1C1CC1)c1nn[nH]n1. The fourth-order valence-corrected chi connectivity index (χ4v) is 7.17. The van der Waals surface area contributed by atoms with Gasteiger partial charge in [0.1, 0.15) is 6.04 Å². The van der Waals surface area contributed by atoms with Gasteiger partial charge in [-0.15, -0.1) is 10.2 Å². The number of H-pyrrole nitrogens is 1. The first-order chi connectivity index (χ1) is 21.3. The van der Waals surface area contributed by atoms with Gasteiger partial charge in [0.2, 0.25) is 5.91 Å². The number of nitrogens with one attached hydrogen (secondary N) is 4. The van der Waals surface area contributed by atoms with E-state index in [1.54, 1.807) is 11.9 Å². The molecule has 11 nitrogen and oxygen atoms in total. The van der Waals surface area contributed by atoms with Crippen LogP contribution < -0.4 is 16.0 Å². The number of tetrazole rings is 1. The van der Waals surface area contributed by atoms with Crippen LogP contribution in [0.2, 0.25) is 0 Å². The molecule has 3 unspecified atom stereocenters. The number of hydrogen-bond donors (Lipinski definition) is 4. The van der Waals surface area contributed by atoms with Gasteiger partial charge in [-0.2, -0.15) is 10.5 Å². The Bertz CT molecular complexity index is 1550. The molecule has 1 aromatic heterocycles. The van der Waals surface area contributed by atoms with Crippen LogP contribution in [0.5, 0.6) is 0 Å². The lowest BCUT2D eigenvalue weighted by Gasteiger charge is -2.46. The molecular formula is C33H39N9O2. The number of fused-ring (bicyclic) bond motifs is 2. The number of nitriles is 1. The zero-order valence-electron chi connectivity index (χ0n) is 25.5. The molecule has 0 radical (unpaired) electrons. The van der Waals surface area contributed by atoms with Gasteiger partial charge >= 0.3 is 0 Å². The predicted molar refractivity (Wildman–Crippen MR) is 165 cm³/mol. The molecule has 1 aliphatic heterocycles. The van der Waals surface area contributed by atoms with Gasteiger partial charge in [-0.05, 0) is 91.0 Å². The molecule has 0 spiro atoms. The highest BCUT2D eigenvalue weighted by molar-refractivity contribution is 5.94. The van der Waals surface area contributed by atoms with Crippen LogP contribution in [-0.4, -0.2) is 76.1 Å². The Morgan fingerprint density at radius 1 is 1.11 bits per heavy atom. The van der Waals surface area contributed by atoms with Crippen molar-refractivity contribution in [1.82, 2.24) is 41.5 Å². The molecule has 1 saturated heterocycles. The number of aryl methyl sites for hydroxylation is 2. The first-order valence-corrected chi connectivity index (χ1v) is 15.3. The fourth-order valence-electron chi connectivity index (χ4n) is 7.17. The van der Waals surface area contributed by atoms with Crippen molar-refractivity contribution in [2.75, 3.05) is 20.6 Å². The second kappa shape index (κ2) is 11.8. The summed E-state index contributed by atoms with van der Waals surface area (Å²) in [6.07, 6.45) is 5.03. The summed E-state index contributed by atoms with van der Waals surface area (Å²) in [5.74, 6) is 0.875. The molecule has 2 amide bonds. The van der Waals surface area contributed by atoms with Gasteiger partial charge in [0.05, 0.1) is 18.0 Å². The van der Waals surface area contributed by atoms with Gasteiger partial charge in [-0.3, -0.25) is 9.59 Å². The van der Waals surface area contributed by atoms with Crippen molar-refractivity contribution in [3.05, 3.63) is 82.2 Å². The van der Waals surface area contributed by atoms with Gasteiger partial charge in [-0.1, -0.05) is 30.0 Å². The quantitative estimate of drug-likeness (QED) is 0.280. The van der Waals surface area contributed by atoms with Gasteiger partial charge in [0, 0.05) is 43.9 Å². The number of aromatic nitrogens is 4. The van der Waals surface area contributed by atoms with E-state index < -0.39 is 5.41 Å². The van der Waals surface area contributed by atoms with E-state index >= 15 is 0 Å². The van der Waals surface area contributed by atoms with Crippen LogP contribution in [0.4, 0.5) is 0 Å². The number of benzene rings is 2. The van der Waals surface area contributed by atoms with Crippen molar-refractivity contribution >= 4 is 17.5 Å². The molecule has 2 aromatic carbocycles. The van der Waals surface area contributed by atoms with Crippen LogP contribution in [0.25, 0.3) is 5.70 Å². The van der Waals surface area contributed by atoms with Gasteiger partial charge < -0.3 is 20.9 Å². The number of aromatic amines is 1. The maximum absolute atomic E-state index is 13.4. The van der Waals surface area contributed by atoms with Crippen molar-refractivity contribution in [1.29, 1.82) is 5.26 Å². The van der Waals surface area contributed by atoms with Gasteiger partial charge in [-0.25, -0.2) is 0 Å². The molecule has 4 atom stereocenters. The standard InChI is InChI=1S/C33H39N9O2/c1-19(37-18-30(43)42-26(17-34)15-29(42)21-5-6-21)16-33(32-38-40-41-39-32)27-11-9-22(20(2)35-3)13-23(27)7-8-24-14-25(31(44)36-4)10-12-28(24)33/h9-14,19,21,26,29,35,37H,2,5-8,15-16,18H2,1,3-4H3,(H,36,44)(H,38,39,40,41)/t19-,26?,29?,33?/m1/s1. The molecule has 2 aliphatic carbocycles. The van der Waals surface area contributed by atoms with Crippen LogP contribution in [0, 0.1) is 17.2 Å². The molecular weight excluding hydrogens is 554 g/mol. The molecule has 2 fully saturated rings. The Labute approximate surface area is 257 Å². The van der Waals surface area contributed by atoms with Crippen molar-refractivity contribution in [2.24, 2.45) is 5.92 Å². The lowest BCUT2D eigenvalue weighted by Crippen LogP contribution is -2.61. The second-order valence-corrected chi connectivity index (χ2v) is 12.3. The number of hydrogen-bond acceptors (Lipinski definition) is 8. The minimum atomic E-state index is -0.827. The molecule has 6 rings (SSSR count). The zero-order valence-corrected chi connectivity index (χ0v) is 25.5. The highest BCUT2D eigenvalue weighted by atomic mass is 16.2. The number of carbonyl (C=O) groups is 2. The Hall–Kier alpha value is -4.56. The summed E-state index contributed by atoms with van der Waals surface area (Å²) in [6.45, 7) is 6.37. The third kappa shape index (κ3) is 5.13. The van der Waals surface area contributed by atoms with Crippen molar-refractivity contribution in [3.63, 3.8) is 0 Å². The average molecular weight is 594 g/mol. The van der Waals surface area contributed by atoms with Crippen LogP contribution in [0.1, 0.15) is 76.6 Å². The van der Waals surface area contributed by atoms with Crippen molar-refractivity contribution in [2.45, 2.75) is 69.0 Å². The molecule has 11 heteroatoms. The van der Waals surface area contributed by atoms with E-state index in [9.17, 15) is 14.9 Å². The molecule has 3 aliphatic rings. The number of amides is 2. The third-order valence-electron chi connectivity index (χ3n) is 9.64. The fraction of sp³-hybridized carbons (Fsp3) is 0.455. The smallest absolute Gasteiger partial charge is 0.251 e. The summed E-state index contributed by atoms with van der Waals surface area (Å²) in [6, 6.07) is 14.2. The van der Waals surface area contributed by atoms with Crippen molar-refractivity contribution in [3.8, 4) is 6.07 Å². The summed E-state index contributed by atoms with van der Waals surface area (Å²) < 4.78 is 0. The lowest BCUT2D eigenvalue weighted by atomic mass is 9.67. The zero-order chi connectivity index (χ0) is 31.0. The number of rotatable bonds is 10. The van der Waals surface area contributed by atoms with Gasteiger partial charge in [0.25, 0.3) is 5.91 Å². The summed E-state index contributed by atoms with van der Waals surface area (Å²) in [5.41, 5.74) is 5.81. The molecule has 228 valence electrons. The number of nitrogens with zero attached hydrogens (tertiary/aromatic N) is 5. The van der Waals surface area contributed by atoms with Crippen LogP contribution in [0.3, 0.4) is 0 Å². The summed E-state index contributed by atoms with van der Waals surface area (Å²) in [7, 11) is 3.48. The average Bonchev–Trinajstić information content (AvgIpc) is 3.73. The van der Waals surface area contributed by atoms with E-state index in [2.05, 4.69) is 74.3 Å². The second-order valence-electron chi connectivity index (χ2n) is 12.3. The van der Waals surface area contributed by atoms with Crippen molar-refractivity contribution < 1.29 is 9.59 Å². The largest absolute Gasteiger partial charge is 0.388 e. The Morgan fingerprint density at radius 2 is 1.80 bits per heavy atom. The number of carbonyl (C=O) groups excluding carboxylic acids is 2. The minimum Gasteiger partial charge on any atom is -0.388 e. The maximum Gasteiger partial charge on any atom is 0.251 e. The summed E-state index contributed by atoms with van der Waals surface area (Å²) in [5, 5.41) is 34.7. The van der Waals surface area contributed by atoms with Crippen LogP contribution in [-0.2, 0) is 23.1 Å². The molecule has 4 N–H and O–H groups in total. The highest BCUT2D eigenvalue weighted by Crippen LogP contribution is 2.47. The Balaban J connectivity index is 1.39. The van der Waals surface area contributed by atoms with E-state index in [4.69, 9.17) is 0 Å². The summed E-state index contributed by atoms with van der Waals surface area (Å²) in [4.78, 5) is 27.8. The summed E-state index contributed by atoms with van der Waals surface area (Å²) >= 11 is 0. The monoisotopic (exact) mass is 593 g/mol. The van der Waals surface area contributed by atoms with Gasteiger partial charge in [0.15, 0.2) is 5.82 Å². The molecule has 1 saturated carbocycles. The molecule has 0 bridgehead atoms. The van der Waals surface area contributed by atoms with Crippen LogP contribution in [0.15, 0.2) is 43.0 Å². The predicted octanol–water partition coefficient (Wildman–Crippen LogP) is 2.45. The normalized spacial score (nSPS) is 22.8. The Morgan fingerprint density at radius 3 is 2.39 bits per heavy atom. The van der Waals surface area contributed by atoms with E-state index in [0.29, 0.717) is 23.7 Å². The van der Waals surface area contributed by atoms with E-state index in [0.717, 1.165) is 65.6 Å². The Kier molecular flexibility index (Phi) is 7.95. The molecule has 2 heterocycles. The molecule has 3 aromatic rings. The first kappa shape index (κ1) is 29.5. The minimum absolute atomic E-state index is 0.0349. The first-order valence-electron chi connectivity index (χ1n) is 15.3. The third-order valence-corrected chi connectivity index (χ3v) is 9.64. The molecule has 44 heavy (non-hydrogen) atoms.